The normalized spacial score (nSPS) is 12.3. The average molecular weight is 323 g/mol. The molecule has 100 valence electrons. The van der Waals surface area contributed by atoms with Crippen LogP contribution in [0.2, 0.25) is 0 Å². The Morgan fingerprint density at radius 3 is 2.58 bits per heavy atom. The molecular formula is C15H16BrFN2. The van der Waals surface area contributed by atoms with Crippen LogP contribution in [0.4, 0.5) is 15.8 Å². The van der Waals surface area contributed by atoms with Gasteiger partial charge in [-0.2, -0.15) is 0 Å². The lowest BCUT2D eigenvalue weighted by Gasteiger charge is -2.24. The van der Waals surface area contributed by atoms with E-state index in [0.717, 1.165) is 21.4 Å². The van der Waals surface area contributed by atoms with Gasteiger partial charge in [0.05, 0.1) is 0 Å². The van der Waals surface area contributed by atoms with Crippen molar-refractivity contribution in [3.05, 3.63) is 58.3 Å². The molecule has 2 aromatic rings. The molecule has 0 amide bonds. The molecular weight excluding hydrogens is 307 g/mol. The number of halogens is 2. The van der Waals surface area contributed by atoms with Crippen LogP contribution >= 0.6 is 15.9 Å². The van der Waals surface area contributed by atoms with Gasteiger partial charge in [-0.1, -0.05) is 22.0 Å². The second kappa shape index (κ2) is 5.72. The Morgan fingerprint density at radius 1 is 1.21 bits per heavy atom. The summed E-state index contributed by atoms with van der Waals surface area (Å²) >= 11 is 3.45. The molecule has 19 heavy (non-hydrogen) atoms. The van der Waals surface area contributed by atoms with E-state index in [-0.39, 0.29) is 11.9 Å². The summed E-state index contributed by atoms with van der Waals surface area (Å²) in [6.07, 6.45) is 0. The van der Waals surface area contributed by atoms with Crippen LogP contribution in [0.3, 0.4) is 0 Å². The largest absolute Gasteiger partial charge is 0.344 e. The molecule has 0 spiro atoms. The summed E-state index contributed by atoms with van der Waals surface area (Å²) in [5, 5.41) is 0. The molecule has 2 N–H and O–H groups in total. The smallest absolute Gasteiger partial charge is 0.125 e. The zero-order valence-corrected chi connectivity index (χ0v) is 12.5. The maximum atomic E-state index is 13.3. The molecule has 0 aromatic heterocycles. The van der Waals surface area contributed by atoms with E-state index in [1.165, 1.54) is 12.1 Å². The lowest BCUT2D eigenvalue weighted by Crippen LogP contribution is -2.15. The fourth-order valence-corrected chi connectivity index (χ4v) is 2.40. The van der Waals surface area contributed by atoms with Crippen LogP contribution in [-0.2, 0) is 0 Å². The van der Waals surface area contributed by atoms with Crippen LogP contribution in [0.1, 0.15) is 18.5 Å². The van der Waals surface area contributed by atoms with Crippen molar-refractivity contribution in [2.75, 3.05) is 11.9 Å². The standard InChI is InChI=1S/C15H16BrFN2/c1-10(18)14-8-11(16)6-7-15(14)19(2)13-5-3-4-12(17)9-13/h3-10H,18H2,1-2H3. The first-order valence-corrected chi connectivity index (χ1v) is 6.82. The van der Waals surface area contributed by atoms with E-state index in [9.17, 15) is 4.39 Å². The van der Waals surface area contributed by atoms with Crippen LogP contribution in [0, 0.1) is 5.82 Å². The SMILES string of the molecule is CC(N)c1cc(Br)ccc1N(C)c1cccc(F)c1. The monoisotopic (exact) mass is 322 g/mol. The van der Waals surface area contributed by atoms with E-state index in [2.05, 4.69) is 15.9 Å². The minimum atomic E-state index is -0.246. The number of nitrogens with two attached hydrogens (primary N) is 1. The van der Waals surface area contributed by atoms with Crippen LogP contribution < -0.4 is 10.6 Å². The van der Waals surface area contributed by atoms with E-state index in [1.54, 1.807) is 6.07 Å². The zero-order chi connectivity index (χ0) is 14.0. The van der Waals surface area contributed by atoms with Gasteiger partial charge in [0, 0.05) is 28.9 Å². The summed E-state index contributed by atoms with van der Waals surface area (Å²) < 4.78 is 14.3. The van der Waals surface area contributed by atoms with Gasteiger partial charge in [0.2, 0.25) is 0 Å². The molecule has 0 radical (unpaired) electrons. The summed E-state index contributed by atoms with van der Waals surface area (Å²) in [7, 11) is 1.91. The van der Waals surface area contributed by atoms with Crippen molar-refractivity contribution in [2.24, 2.45) is 5.73 Å². The van der Waals surface area contributed by atoms with E-state index in [0.29, 0.717) is 0 Å². The highest BCUT2D eigenvalue weighted by Gasteiger charge is 2.13. The average Bonchev–Trinajstić information content (AvgIpc) is 2.37. The summed E-state index contributed by atoms with van der Waals surface area (Å²) in [5.74, 6) is -0.246. The zero-order valence-electron chi connectivity index (χ0n) is 10.9. The van der Waals surface area contributed by atoms with Crippen molar-refractivity contribution in [3.8, 4) is 0 Å². The number of rotatable bonds is 3. The Balaban J connectivity index is 2.46. The van der Waals surface area contributed by atoms with E-state index in [1.807, 2.05) is 43.1 Å². The van der Waals surface area contributed by atoms with Gasteiger partial charge in [-0.25, -0.2) is 4.39 Å². The molecule has 2 nitrogen and oxygen atoms in total. The van der Waals surface area contributed by atoms with Crippen molar-refractivity contribution in [3.63, 3.8) is 0 Å². The topological polar surface area (TPSA) is 29.3 Å². The Bertz CT molecular complexity index is 584. The van der Waals surface area contributed by atoms with E-state index >= 15 is 0 Å². The van der Waals surface area contributed by atoms with Crippen LogP contribution in [0.5, 0.6) is 0 Å². The molecule has 2 rings (SSSR count). The number of hydrogen-bond donors (Lipinski definition) is 1. The number of hydrogen-bond acceptors (Lipinski definition) is 2. The molecule has 1 atom stereocenters. The van der Waals surface area contributed by atoms with Crippen molar-refractivity contribution >= 4 is 27.3 Å². The van der Waals surface area contributed by atoms with Crippen molar-refractivity contribution in [2.45, 2.75) is 13.0 Å². The quantitative estimate of drug-likeness (QED) is 0.908. The maximum absolute atomic E-state index is 13.3. The molecule has 0 bridgehead atoms. The summed E-state index contributed by atoms with van der Waals surface area (Å²) in [6, 6.07) is 12.4. The Labute approximate surface area is 121 Å². The van der Waals surface area contributed by atoms with Gasteiger partial charge >= 0.3 is 0 Å². The minimum absolute atomic E-state index is 0.0940. The van der Waals surface area contributed by atoms with Crippen molar-refractivity contribution in [1.82, 2.24) is 0 Å². The van der Waals surface area contributed by atoms with Gasteiger partial charge in [0.15, 0.2) is 0 Å². The lowest BCUT2D eigenvalue weighted by molar-refractivity contribution is 0.628. The third-order valence-electron chi connectivity index (χ3n) is 3.04. The van der Waals surface area contributed by atoms with Crippen molar-refractivity contribution in [1.29, 1.82) is 0 Å². The van der Waals surface area contributed by atoms with E-state index < -0.39 is 0 Å². The molecule has 1 unspecified atom stereocenters. The minimum Gasteiger partial charge on any atom is -0.344 e. The van der Waals surface area contributed by atoms with Gasteiger partial charge in [-0.3, -0.25) is 0 Å². The summed E-state index contributed by atoms with van der Waals surface area (Å²) in [4.78, 5) is 1.94. The number of anilines is 2. The fourth-order valence-electron chi connectivity index (χ4n) is 2.02. The van der Waals surface area contributed by atoms with Gasteiger partial charge < -0.3 is 10.6 Å². The highest BCUT2D eigenvalue weighted by atomic mass is 79.9. The number of nitrogens with zero attached hydrogens (tertiary/aromatic N) is 1. The Morgan fingerprint density at radius 2 is 1.95 bits per heavy atom. The molecule has 0 saturated carbocycles. The predicted molar refractivity (Wildman–Crippen MR) is 81.2 cm³/mol. The highest BCUT2D eigenvalue weighted by Crippen LogP contribution is 2.32. The fraction of sp³-hybridized carbons (Fsp3) is 0.200. The molecule has 0 fully saturated rings. The second-order valence-electron chi connectivity index (χ2n) is 4.53. The molecule has 0 aliphatic heterocycles. The second-order valence-corrected chi connectivity index (χ2v) is 5.45. The maximum Gasteiger partial charge on any atom is 0.125 e. The lowest BCUT2D eigenvalue weighted by atomic mass is 10.1. The first kappa shape index (κ1) is 14.0. The molecule has 0 heterocycles. The summed E-state index contributed by atoms with van der Waals surface area (Å²) in [5.41, 5.74) is 8.79. The summed E-state index contributed by atoms with van der Waals surface area (Å²) in [6.45, 7) is 1.94. The molecule has 0 aliphatic carbocycles. The van der Waals surface area contributed by atoms with Gasteiger partial charge in [-0.15, -0.1) is 0 Å². The molecule has 0 aliphatic rings. The molecule has 0 saturated heterocycles. The van der Waals surface area contributed by atoms with Crippen LogP contribution in [-0.4, -0.2) is 7.05 Å². The van der Waals surface area contributed by atoms with Crippen LogP contribution in [0.15, 0.2) is 46.9 Å². The Kier molecular flexibility index (Phi) is 4.22. The number of benzene rings is 2. The highest BCUT2D eigenvalue weighted by molar-refractivity contribution is 9.10. The van der Waals surface area contributed by atoms with E-state index in [4.69, 9.17) is 5.73 Å². The molecule has 2 aromatic carbocycles. The van der Waals surface area contributed by atoms with Gasteiger partial charge in [0.1, 0.15) is 5.82 Å². The predicted octanol–water partition coefficient (Wildman–Crippen LogP) is 4.38. The molecule has 4 heteroatoms. The van der Waals surface area contributed by atoms with Crippen molar-refractivity contribution < 1.29 is 4.39 Å². The third-order valence-corrected chi connectivity index (χ3v) is 3.53. The van der Waals surface area contributed by atoms with Gasteiger partial charge in [0.25, 0.3) is 0 Å². The van der Waals surface area contributed by atoms with Gasteiger partial charge in [-0.05, 0) is 48.9 Å². The first-order chi connectivity index (χ1) is 8.99. The van der Waals surface area contributed by atoms with Crippen LogP contribution in [0.25, 0.3) is 0 Å². The third kappa shape index (κ3) is 3.14. The Hall–Kier alpha value is -1.39. The first-order valence-electron chi connectivity index (χ1n) is 6.03.